The fourth-order valence-electron chi connectivity index (χ4n) is 4.91. The first-order chi connectivity index (χ1) is 14.2. The molecule has 7 nitrogen and oxygen atoms in total. The molecule has 1 N–H and O–H groups in total. The van der Waals surface area contributed by atoms with E-state index in [1.54, 1.807) is 12.4 Å². The number of likely N-dealkylation sites (tertiary alicyclic amines) is 1. The van der Waals surface area contributed by atoms with E-state index in [1.165, 1.54) is 19.3 Å². The summed E-state index contributed by atoms with van der Waals surface area (Å²) in [6, 6.07) is 2.59. The summed E-state index contributed by atoms with van der Waals surface area (Å²) in [4.78, 5) is 26.5. The second-order valence-corrected chi connectivity index (χ2v) is 9.00. The molecule has 3 fully saturated rings. The Hall–Kier alpha value is -1.73. The molecule has 1 saturated carbocycles. The fourth-order valence-corrected chi connectivity index (χ4v) is 4.91. The molecule has 3 aliphatic rings. The number of rotatable bonds is 6. The topological polar surface area (TPSA) is 70.6 Å². The number of amides is 1. The van der Waals surface area contributed by atoms with Crippen LogP contribution in [0.15, 0.2) is 18.5 Å². The van der Waals surface area contributed by atoms with Crippen LogP contribution in [0.25, 0.3) is 0 Å². The number of hydrogen-bond donors (Lipinski definition) is 1. The fraction of sp³-hybridized carbons (Fsp3) is 0.773. The maximum atomic E-state index is 13.2. The molecule has 29 heavy (non-hydrogen) atoms. The first-order valence-electron chi connectivity index (χ1n) is 11.3. The molecular formula is C22H35N5O2. The van der Waals surface area contributed by atoms with Crippen LogP contribution in [0.5, 0.6) is 0 Å². The highest BCUT2D eigenvalue weighted by Gasteiger charge is 2.34. The molecule has 7 heteroatoms. The second-order valence-electron chi connectivity index (χ2n) is 9.00. The minimum Gasteiger partial charge on any atom is -0.381 e. The van der Waals surface area contributed by atoms with Crippen LogP contribution in [0.1, 0.15) is 44.9 Å². The van der Waals surface area contributed by atoms with Crippen LogP contribution in [0.2, 0.25) is 0 Å². The van der Waals surface area contributed by atoms with Crippen molar-refractivity contribution in [2.24, 2.45) is 11.8 Å². The van der Waals surface area contributed by atoms with Gasteiger partial charge in [0.05, 0.1) is 5.92 Å². The Kier molecular flexibility index (Phi) is 6.98. The average molecular weight is 402 g/mol. The molecule has 2 aliphatic heterocycles. The predicted molar refractivity (Wildman–Crippen MR) is 113 cm³/mol. The highest BCUT2D eigenvalue weighted by molar-refractivity contribution is 5.78. The third-order valence-corrected chi connectivity index (χ3v) is 6.86. The van der Waals surface area contributed by atoms with Crippen molar-refractivity contribution < 1.29 is 9.53 Å². The first-order valence-corrected chi connectivity index (χ1v) is 11.3. The maximum Gasteiger partial charge on any atom is 0.226 e. The number of carbonyl (C=O) groups excluding carboxylic acids is 1. The van der Waals surface area contributed by atoms with E-state index >= 15 is 0 Å². The van der Waals surface area contributed by atoms with E-state index < -0.39 is 0 Å². The maximum absolute atomic E-state index is 13.2. The van der Waals surface area contributed by atoms with Gasteiger partial charge in [0.2, 0.25) is 11.9 Å². The molecule has 0 unspecified atom stereocenters. The van der Waals surface area contributed by atoms with E-state index in [1.807, 2.05) is 18.0 Å². The van der Waals surface area contributed by atoms with E-state index in [0.29, 0.717) is 23.8 Å². The van der Waals surface area contributed by atoms with Crippen LogP contribution in [-0.2, 0) is 9.53 Å². The number of aromatic nitrogens is 2. The molecule has 2 saturated heterocycles. The lowest BCUT2D eigenvalue weighted by Crippen LogP contribution is -2.47. The minimum atomic E-state index is 0.0754. The van der Waals surface area contributed by atoms with Crippen LogP contribution < -0.4 is 5.32 Å². The van der Waals surface area contributed by atoms with Crippen molar-refractivity contribution in [3.8, 4) is 0 Å². The smallest absolute Gasteiger partial charge is 0.226 e. The summed E-state index contributed by atoms with van der Waals surface area (Å²) in [5, 5.41) is 3.51. The minimum absolute atomic E-state index is 0.0754. The van der Waals surface area contributed by atoms with Crippen molar-refractivity contribution in [1.82, 2.24) is 19.8 Å². The quantitative estimate of drug-likeness (QED) is 0.789. The molecule has 0 radical (unpaired) electrons. The largest absolute Gasteiger partial charge is 0.381 e. The Morgan fingerprint density at radius 2 is 1.90 bits per heavy atom. The van der Waals surface area contributed by atoms with Crippen molar-refractivity contribution >= 4 is 11.9 Å². The summed E-state index contributed by atoms with van der Waals surface area (Å²) in [7, 11) is 2.00. The molecule has 0 aromatic carbocycles. The predicted octanol–water partition coefficient (Wildman–Crippen LogP) is 2.41. The molecule has 4 rings (SSSR count). The monoisotopic (exact) mass is 401 g/mol. The molecule has 1 aromatic rings. The van der Waals surface area contributed by atoms with Crippen LogP contribution in [0.3, 0.4) is 0 Å². The van der Waals surface area contributed by atoms with Crippen molar-refractivity contribution in [2.75, 3.05) is 45.2 Å². The lowest BCUT2D eigenvalue weighted by molar-refractivity contribution is -0.136. The van der Waals surface area contributed by atoms with Gasteiger partial charge in [0, 0.05) is 64.4 Å². The van der Waals surface area contributed by atoms with Crippen LogP contribution >= 0.6 is 0 Å². The molecule has 3 heterocycles. The number of nitrogens with one attached hydrogen (secondary N) is 1. The molecule has 1 aliphatic carbocycles. The van der Waals surface area contributed by atoms with E-state index in [4.69, 9.17) is 4.74 Å². The van der Waals surface area contributed by atoms with Gasteiger partial charge in [-0.2, -0.15) is 0 Å². The van der Waals surface area contributed by atoms with Gasteiger partial charge in [0.15, 0.2) is 0 Å². The molecule has 0 bridgehead atoms. The standard InChI is InChI=1S/C22H35N5O2/c1-26(14-17-4-2-5-17)21(28)18-6-7-19(25-22-23-10-3-11-24-22)16-27(15-18)20-8-12-29-13-9-20/h3,10-11,17-20H,2,4-9,12-16H2,1H3,(H,23,24,25)/t18-,19+/m1/s1. The molecular weight excluding hydrogens is 366 g/mol. The van der Waals surface area contributed by atoms with Gasteiger partial charge in [-0.15, -0.1) is 0 Å². The third-order valence-electron chi connectivity index (χ3n) is 6.86. The van der Waals surface area contributed by atoms with Gasteiger partial charge in [0.25, 0.3) is 0 Å². The Bertz CT molecular complexity index is 648. The van der Waals surface area contributed by atoms with Gasteiger partial charge in [-0.25, -0.2) is 9.97 Å². The summed E-state index contributed by atoms with van der Waals surface area (Å²) in [6.07, 6.45) is 11.4. The summed E-state index contributed by atoms with van der Waals surface area (Å²) < 4.78 is 5.58. The summed E-state index contributed by atoms with van der Waals surface area (Å²) in [5.41, 5.74) is 0. The van der Waals surface area contributed by atoms with Crippen LogP contribution in [0, 0.1) is 11.8 Å². The van der Waals surface area contributed by atoms with E-state index in [2.05, 4.69) is 20.2 Å². The normalized spacial score (nSPS) is 27.1. The lowest BCUT2D eigenvalue weighted by Gasteiger charge is -2.37. The van der Waals surface area contributed by atoms with Crippen LogP contribution in [0.4, 0.5) is 5.95 Å². The van der Waals surface area contributed by atoms with Crippen molar-refractivity contribution in [3.05, 3.63) is 18.5 Å². The van der Waals surface area contributed by atoms with E-state index in [-0.39, 0.29) is 12.0 Å². The Morgan fingerprint density at radius 3 is 2.59 bits per heavy atom. The van der Waals surface area contributed by atoms with Gasteiger partial charge >= 0.3 is 0 Å². The van der Waals surface area contributed by atoms with Crippen molar-refractivity contribution in [1.29, 1.82) is 0 Å². The summed E-state index contributed by atoms with van der Waals surface area (Å²) in [6.45, 7) is 4.35. The van der Waals surface area contributed by atoms with Gasteiger partial charge in [0.1, 0.15) is 0 Å². The number of anilines is 1. The van der Waals surface area contributed by atoms with Gasteiger partial charge in [-0.1, -0.05) is 6.42 Å². The second kappa shape index (κ2) is 9.85. The highest BCUT2D eigenvalue weighted by Crippen LogP contribution is 2.29. The van der Waals surface area contributed by atoms with Gasteiger partial charge in [-0.05, 0) is 50.5 Å². The Morgan fingerprint density at radius 1 is 1.14 bits per heavy atom. The SMILES string of the molecule is CN(CC1CCC1)C(=O)[C@@H]1CC[C@H](Nc2ncccn2)CN(C2CCOCC2)C1. The van der Waals surface area contributed by atoms with Gasteiger partial charge < -0.3 is 15.0 Å². The van der Waals surface area contributed by atoms with Gasteiger partial charge in [-0.3, -0.25) is 9.69 Å². The Labute approximate surface area is 174 Å². The molecule has 1 amide bonds. The molecule has 0 spiro atoms. The zero-order valence-electron chi connectivity index (χ0n) is 17.6. The number of hydrogen-bond acceptors (Lipinski definition) is 6. The molecule has 1 aromatic heterocycles. The van der Waals surface area contributed by atoms with Crippen molar-refractivity contribution in [3.63, 3.8) is 0 Å². The molecule has 160 valence electrons. The molecule has 2 atom stereocenters. The number of carbonyl (C=O) groups is 1. The summed E-state index contributed by atoms with van der Waals surface area (Å²) in [5.74, 6) is 1.79. The van der Waals surface area contributed by atoms with E-state index in [9.17, 15) is 4.79 Å². The summed E-state index contributed by atoms with van der Waals surface area (Å²) >= 11 is 0. The third kappa shape index (κ3) is 5.45. The zero-order chi connectivity index (χ0) is 20.1. The number of ether oxygens (including phenoxy) is 1. The van der Waals surface area contributed by atoms with Crippen molar-refractivity contribution in [2.45, 2.75) is 57.0 Å². The highest BCUT2D eigenvalue weighted by atomic mass is 16.5. The Balaban J connectivity index is 1.43. The first kappa shape index (κ1) is 20.5. The van der Waals surface area contributed by atoms with Crippen LogP contribution in [-0.4, -0.2) is 77.7 Å². The van der Waals surface area contributed by atoms with E-state index in [0.717, 1.165) is 58.5 Å². The number of nitrogens with zero attached hydrogens (tertiary/aromatic N) is 4. The zero-order valence-corrected chi connectivity index (χ0v) is 17.6. The lowest BCUT2D eigenvalue weighted by atomic mass is 9.85. The average Bonchev–Trinajstić information content (AvgIpc) is 2.94.